The summed E-state index contributed by atoms with van der Waals surface area (Å²) >= 11 is 0. The first kappa shape index (κ1) is 13.7. The lowest BCUT2D eigenvalue weighted by Crippen LogP contribution is -2.20. The zero-order valence-electron chi connectivity index (χ0n) is 9.77. The first-order chi connectivity index (χ1) is 8.09. The van der Waals surface area contributed by atoms with E-state index >= 15 is 0 Å². The van der Waals surface area contributed by atoms with E-state index in [0.29, 0.717) is 6.61 Å². The first-order valence-corrected chi connectivity index (χ1v) is 5.31. The Morgan fingerprint density at radius 1 is 1.41 bits per heavy atom. The van der Waals surface area contributed by atoms with Gasteiger partial charge in [0.15, 0.2) is 19.7 Å². The van der Waals surface area contributed by atoms with Gasteiger partial charge in [0, 0.05) is 18.6 Å². The maximum absolute atomic E-state index is 11.1. The molecule has 1 atom stereocenters. The van der Waals surface area contributed by atoms with Crippen LogP contribution in [0, 0.1) is 0 Å². The minimum Gasteiger partial charge on any atom is -0.450 e. The molecule has 6 heteroatoms. The Bertz CT molecular complexity index is 292. The van der Waals surface area contributed by atoms with Crippen LogP contribution in [0.4, 0.5) is 0 Å². The van der Waals surface area contributed by atoms with Gasteiger partial charge in [-0.05, 0) is 13.3 Å². The highest BCUT2D eigenvalue weighted by molar-refractivity contribution is 5.88. The van der Waals surface area contributed by atoms with Gasteiger partial charge in [0.2, 0.25) is 0 Å². The molecule has 0 aromatic heterocycles. The normalized spacial score (nSPS) is 18.8. The molecule has 1 heterocycles. The minimum absolute atomic E-state index is 0.200. The number of esters is 2. The van der Waals surface area contributed by atoms with Crippen LogP contribution in [0.3, 0.4) is 0 Å². The maximum atomic E-state index is 11.1. The van der Waals surface area contributed by atoms with E-state index in [1.165, 1.54) is 6.92 Å². The van der Waals surface area contributed by atoms with Gasteiger partial charge in [0.05, 0.1) is 0 Å². The molecule has 0 aromatic carbocycles. The predicted molar refractivity (Wildman–Crippen MR) is 56.8 cm³/mol. The van der Waals surface area contributed by atoms with E-state index < -0.39 is 18.5 Å². The lowest BCUT2D eigenvalue weighted by molar-refractivity contribution is -0.190. The van der Waals surface area contributed by atoms with E-state index in [2.05, 4.69) is 16.1 Å². The molecule has 6 nitrogen and oxygen atoms in total. The second-order valence-corrected chi connectivity index (χ2v) is 3.60. The van der Waals surface area contributed by atoms with Crippen LogP contribution in [0.15, 0.2) is 12.2 Å². The number of hydrogen-bond donors (Lipinski definition) is 0. The minimum atomic E-state index is -0.669. The van der Waals surface area contributed by atoms with Crippen LogP contribution in [0.2, 0.25) is 0 Å². The highest BCUT2D eigenvalue weighted by Gasteiger charge is 2.16. The number of rotatable bonds is 6. The number of ether oxygens (including phenoxy) is 4. The summed E-state index contributed by atoms with van der Waals surface area (Å²) in [5.74, 6) is -1.29. The SMILES string of the molecule is C=C(C)C(=O)OCC(=O)OCOC1CCCO1. The third-order valence-electron chi connectivity index (χ3n) is 2.03. The van der Waals surface area contributed by atoms with Gasteiger partial charge in [0.25, 0.3) is 0 Å². The molecule has 1 aliphatic heterocycles. The maximum Gasteiger partial charge on any atom is 0.346 e. The summed E-state index contributed by atoms with van der Waals surface area (Å²) in [6.07, 6.45) is 1.43. The standard InChI is InChI=1S/C11H16O6/c1-8(2)11(13)15-6-9(12)16-7-17-10-4-3-5-14-10/h10H,1,3-7H2,2H3. The van der Waals surface area contributed by atoms with E-state index in [1.54, 1.807) is 0 Å². The van der Waals surface area contributed by atoms with Crippen molar-refractivity contribution in [3.05, 3.63) is 12.2 Å². The quantitative estimate of drug-likeness (QED) is 0.390. The van der Waals surface area contributed by atoms with Crippen molar-refractivity contribution in [2.45, 2.75) is 26.1 Å². The molecule has 0 aromatic rings. The van der Waals surface area contributed by atoms with Gasteiger partial charge in [-0.25, -0.2) is 9.59 Å². The molecule has 17 heavy (non-hydrogen) atoms. The van der Waals surface area contributed by atoms with E-state index in [9.17, 15) is 9.59 Å². The van der Waals surface area contributed by atoms with E-state index in [4.69, 9.17) is 9.47 Å². The first-order valence-electron chi connectivity index (χ1n) is 5.31. The van der Waals surface area contributed by atoms with Gasteiger partial charge in [-0.1, -0.05) is 6.58 Å². The molecule has 1 saturated heterocycles. The van der Waals surface area contributed by atoms with Crippen LogP contribution in [0.1, 0.15) is 19.8 Å². The Balaban J connectivity index is 2.04. The zero-order chi connectivity index (χ0) is 12.7. The smallest absolute Gasteiger partial charge is 0.346 e. The molecule has 1 rings (SSSR count). The lowest BCUT2D eigenvalue weighted by atomic mass is 10.4. The van der Waals surface area contributed by atoms with Crippen LogP contribution >= 0.6 is 0 Å². The van der Waals surface area contributed by atoms with Gasteiger partial charge in [0.1, 0.15) is 0 Å². The second kappa shape index (κ2) is 7.03. The van der Waals surface area contributed by atoms with Crippen LogP contribution < -0.4 is 0 Å². The average Bonchev–Trinajstić information content (AvgIpc) is 2.78. The van der Waals surface area contributed by atoms with Crippen LogP contribution in [0.5, 0.6) is 0 Å². The molecular weight excluding hydrogens is 228 g/mol. The molecule has 0 N–H and O–H groups in total. The Morgan fingerprint density at radius 2 is 2.18 bits per heavy atom. The highest BCUT2D eigenvalue weighted by Crippen LogP contribution is 2.12. The summed E-state index contributed by atoms with van der Waals surface area (Å²) in [4.78, 5) is 22.0. The molecule has 1 unspecified atom stereocenters. The summed E-state index contributed by atoms with van der Waals surface area (Å²) in [5, 5.41) is 0. The van der Waals surface area contributed by atoms with Crippen molar-refractivity contribution in [1.82, 2.24) is 0 Å². The van der Waals surface area contributed by atoms with Gasteiger partial charge in [-0.2, -0.15) is 0 Å². The molecule has 1 fully saturated rings. The van der Waals surface area contributed by atoms with Crippen molar-refractivity contribution in [3.63, 3.8) is 0 Å². The summed E-state index contributed by atoms with van der Waals surface area (Å²) in [6.45, 7) is 4.89. The molecule has 0 amide bonds. The molecule has 0 bridgehead atoms. The Kier molecular flexibility index (Phi) is 5.65. The lowest BCUT2D eigenvalue weighted by Gasteiger charge is -2.11. The van der Waals surface area contributed by atoms with E-state index in [0.717, 1.165) is 12.8 Å². The molecule has 0 saturated carbocycles. The summed E-state index contributed by atoms with van der Waals surface area (Å²) in [6, 6.07) is 0. The van der Waals surface area contributed by atoms with Crippen molar-refractivity contribution in [2.24, 2.45) is 0 Å². The van der Waals surface area contributed by atoms with Crippen LogP contribution in [-0.4, -0.2) is 38.2 Å². The zero-order valence-corrected chi connectivity index (χ0v) is 9.77. The highest BCUT2D eigenvalue weighted by atomic mass is 16.8. The fourth-order valence-electron chi connectivity index (χ4n) is 1.14. The van der Waals surface area contributed by atoms with Crippen LogP contribution in [0.25, 0.3) is 0 Å². The van der Waals surface area contributed by atoms with E-state index in [-0.39, 0.29) is 18.7 Å². The largest absolute Gasteiger partial charge is 0.450 e. The Hall–Kier alpha value is -1.40. The Labute approximate surface area is 99.5 Å². The number of carbonyl (C=O) groups is 2. The number of hydrogen-bond acceptors (Lipinski definition) is 6. The number of carbonyl (C=O) groups excluding carboxylic acids is 2. The summed E-state index contributed by atoms with van der Waals surface area (Å²) in [7, 11) is 0. The second-order valence-electron chi connectivity index (χ2n) is 3.60. The predicted octanol–water partition coefficient (Wildman–Crippen LogP) is 0.759. The van der Waals surface area contributed by atoms with Gasteiger partial charge < -0.3 is 18.9 Å². The average molecular weight is 244 g/mol. The fraction of sp³-hybridized carbons (Fsp3) is 0.636. The van der Waals surface area contributed by atoms with Gasteiger partial charge in [-0.15, -0.1) is 0 Å². The summed E-state index contributed by atoms with van der Waals surface area (Å²) in [5.41, 5.74) is 0.230. The molecule has 0 aliphatic carbocycles. The van der Waals surface area contributed by atoms with Crippen molar-refractivity contribution in [3.8, 4) is 0 Å². The van der Waals surface area contributed by atoms with Gasteiger partial charge >= 0.3 is 11.9 Å². The fourth-order valence-corrected chi connectivity index (χ4v) is 1.14. The topological polar surface area (TPSA) is 71.1 Å². The third-order valence-corrected chi connectivity index (χ3v) is 2.03. The van der Waals surface area contributed by atoms with E-state index in [1.807, 2.05) is 0 Å². The molecule has 1 aliphatic rings. The van der Waals surface area contributed by atoms with Crippen molar-refractivity contribution < 1.29 is 28.5 Å². The molecule has 0 radical (unpaired) electrons. The van der Waals surface area contributed by atoms with Gasteiger partial charge in [-0.3, -0.25) is 0 Å². The van der Waals surface area contributed by atoms with Crippen LogP contribution in [-0.2, 0) is 28.5 Å². The molecule has 96 valence electrons. The summed E-state index contributed by atoms with van der Waals surface area (Å²) < 4.78 is 19.5. The van der Waals surface area contributed by atoms with Crippen molar-refractivity contribution in [2.75, 3.05) is 20.0 Å². The third kappa shape index (κ3) is 5.46. The molecule has 0 spiro atoms. The van der Waals surface area contributed by atoms with Crippen molar-refractivity contribution in [1.29, 1.82) is 0 Å². The monoisotopic (exact) mass is 244 g/mol. The Morgan fingerprint density at radius 3 is 2.76 bits per heavy atom. The molecular formula is C11H16O6. The van der Waals surface area contributed by atoms with Crippen molar-refractivity contribution >= 4 is 11.9 Å².